The van der Waals surface area contributed by atoms with E-state index in [4.69, 9.17) is 13.9 Å². The molecule has 3 rings (SSSR count). The minimum Gasteiger partial charge on any atom is -0.495 e. The molecule has 3 aromatic rings. The third-order valence-corrected chi connectivity index (χ3v) is 9.51. The first-order chi connectivity index (χ1) is 24.0. The van der Waals surface area contributed by atoms with Crippen LogP contribution >= 0.6 is 0 Å². The summed E-state index contributed by atoms with van der Waals surface area (Å²) in [5, 5.41) is 0.721. The number of fused-ring (bicyclic) bond motifs is 1. The van der Waals surface area contributed by atoms with Crippen molar-refractivity contribution in [2.75, 3.05) is 25.1 Å². The van der Waals surface area contributed by atoms with Gasteiger partial charge in [-0.1, -0.05) is 135 Å². The highest BCUT2D eigenvalue weighted by molar-refractivity contribution is 5.87. The second-order valence-electron chi connectivity index (χ2n) is 13.7. The second kappa shape index (κ2) is 24.7. The Balaban J connectivity index is 1.64. The number of aromatic nitrogens is 1. The number of anilines is 1. The predicted octanol–water partition coefficient (Wildman–Crippen LogP) is 10.5. The summed E-state index contributed by atoms with van der Waals surface area (Å²) in [7, 11) is 1.69. The van der Waals surface area contributed by atoms with Crippen molar-refractivity contribution < 1.29 is 23.3 Å². The average Bonchev–Trinajstić information content (AvgIpc) is 3.11. The molecule has 0 amide bonds. The van der Waals surface area contributed by atoms with E-state index in [2.05, 4.69) is 18.7 Å². The van der Waals surface area contributed by atoms with Crippen molar-refractivity contribution in [3.05, 3.63) is 64.8 Å². The normalized spacial score (nSPS) is 11.2. The Kier molecular flexibility index (Phi) is 20.2. The van der Waals surface area contributed by atoms with E-state index in [1.54, 1.807) is 11.7 Å². The first-order valence-electron chi connectivity index (χ1n) is 19.5. The summed E-state index contributed by atoms with van der Waals surface area (Å²) in [6.45, 7) is 6.50. The van der Waals surface area contributed by atoms with Gasteiger partial charge in [0, 0.05) is 48.3 Å². The molecule has 0 fully saturated rings. The van der Waals surface area contributed by atoms with Gasteiger partial charge in [0.1, 0.15) is 17.9 Å². The van der Waals surface area contributed by atoms with E-state index in [0.29, 0.717) is 11.1 Å². The maximum Gasteiger partial charge on any atom is 0.373 e. The van der Waals surface area contributed by atoms with Crippen LogP contribution in [-0.2, 0) is 22.7 Å². The molecule has 1 aromatic carbocycles. The lowest BCUT2D eigenvalue weighted by molar-refractivity contribution is -0.686. The predicted molar refractivity (Wildman–Crippen MR) is 201 cm³/mol. The van der Waals surface area contributed by atoms with Crippen LogP contribution in [-0.4, -0.2) is 26.2 Å². The lowest BCUT2D eigenvalue weighted by Gasteiger charge is -2.27. The van der Waals surface area contributed by atoms with E-state index < -0.39 is 5.63 Å². The third kappa shape index (κ3) is 15.8. The Bertz CT molecular complexity index is 1350. The molecule has 0 saturated carbocycles. The number of carbonyl (C=O) groups is 1. The maximum absolute atomic E-state index is 12.7. The Morgan fingerprint density at radius 1 is 0.694 bits per heavy atom. The number of nitrogens with zero attached hydrogens (tertiary/aromatic N) is 2. The molecule has 0 saturated heterocycles. The van der Waals surface area contributed by atoms with E-state index in [-0.39, 0.29) is 19.1 Å². The fourth-order valence-electron chi connectivity index (χ4n) is 6.60. The minimum absolute atomic E-state index is 0.0161. The summed E-state index contributed by atoms with van der Waals surface area (Å²) in [5.41, 5.74) is 1.60. The van der Waals surface area contributed by atoms with Crippen LogP contribution in [0.3, 0.4) is 0 Å². The van der Waals surface area contributed by atoms with Crippen LogP contribution in [0, 0.1) is 0 Å². The van der Waals surface area contributed by atoms with E-state index in [9.17, 15) is 9.59 Å². The van der Waals surface area contributed by atoms with Gasteiger partial charge in [-0.05, 0) is 18.9 Å². The molecule has 0 aliphatic heterocycles. The second-order valence-corrected chi connectivity index (χ2v) is 13.7. The Hall–Kier alpha value is -3.35. The molecule has 0 aliphatic carbocycles. The lowest BCUT2D eigenvalue weighted by Crippen LogP contribution is -2.37. The standard InChI is InChI=1S/C42H65N2O5/c1-4-6-8-10-12-14-16-18-20-25-29-44(30-26-21-19-17-15-13-11-9-7-5-2)38-33-39-37(32-40(38)47-3)36(31-41(45)49-39)35-48-42(46)34-43-27-23-22-24-28-43/h22-24,27-28,31-33H,4-21,25-26,29-30,34-35H2,1-3H3/q+1. The van der Waals surface area contributed by atoms with Crippen LogP contribution in [0.4, 0.5) is 5.69 Å². The maximum atomic E-state index is 12.7. The number of hydrogen-bond acceptors (Lipinski definition) is 6. The molecule has 7 nitrogen and oxygen atoms in total. The Morgan fingerprint density at radius 2 is 1.20 bits per heavy atom. The van der Waals surface area contributed by atoms with Gasteiger partial charge in [-0.2, -0.15) is 4.57 Å². The van der Waals surface area contributed by atoms with Gasteiger partial charge in [-0.25, -0.2) is 9.59 Å². The molecule has 7 heteroatoms. The monoisotopic (exact) mass is 677 g/mol. The van der Waals surface area contributed by atoms with E-state index in [1.165, 1.54) is 122 Å². The number of esters is 1. The summed E-state index contributed by atoms with van der Waals surface area (Å²) in [6, 6.07) is 10.9. The molecule has 0 aliphatic rings. The van der Waals surface area contributed by atoms with Crippen molar-refractivity contribution in [1.82, 2.24) is 0 Å². The number of unbranched alkanes of at least 4 members (excludes halogenated alkanes) is 18. The molecule has 0 N–H and O–H groups in total. The lowest BCUT2D eigenvalue weighted by atomic mass is 10.1. The number of benzene rings is 1. The zero-order valence-electron chi connectivity index (χ0n) is 31.0. The fourth-order valence-corrected chi connectivity index (χ4v) is 6.60. The van der Waals surface area contributed by atoms with Crippen molar-refractivity contribution in [3.63, 3.8) is 0 Å². The van der Waals surface area contributed by atoms with Gasteiger partial charge >= 0.3 is 11.6 Å². The zero-order valence-corrected chi connectivity index (χ0v) is 31.0. The van der Waals surface area contributed by atoms with Crippen molar-refractivity contribution in [2.45, 2.75) is 155 Å². The van der Waals surface area contributed by atoms with Crippen molar-refractivity contribution in [2.24, 2.45) is 0 Å². The largest absolute Gasteiger partial charge is 0.495 e. The van der Waals surface area contributed by atoms with Crippen molar-refractivity contribution in [1.29, 1.82) is 0 Å². The van der Waals surface area contributed by atoms with Crippen LogP contribution in [0.1, 0.15) is 148 Å². The van der Waals surface area contributed by atoms with E-state index in [0.717, 1.165) is 42.8 Å². The van der Waals surface area contributed by atoms with Crippen LogP contribution in [0.5, 0.6) is 5.75 Å². The molecular weight excluding hydrogens is 612 g/mol. The molecule has 49 heavy (non-hydrogen) atoms. The topological polar surface area (TPSA) is 72.9 Å². The third-order valence-electron chi connectivity index (χ3n) is 9.51. The van der Waals surface area contributed by atoms with Crippen LogP contribution < -0.4 is 19.8 Å². The summed E-state index contributed by atoms with van der Waals surface area (Å²) in [6.07, 6.45) is 29.7. The molecule has 272 valence electrons. The smallest absolute Gasteiger partial charge is 0.373 e. The summed E-state index contributed by atoms with van der Waals surface area (Å²) < 4.78 is 19.0. The Morgan fingerprint density at radius 3 is 1.71 bits per heavy atom. The highest BCUT2D eigenvalue weighted by Crippen LogP contribution is 2.35. The quantitative estimate of drug-likeness (QED) is 0.0330. The number of rotatable bonds is 28. The molecule has 2 aromatic heterocycles. The van der Waals surface area contributed by atoms with Crippen LogP contribution in [0.25, 0.3) is 11.0 Å². The van der Waals surface area contributed by atoms with Gasteiger partial charge in [-0.15, -0.1) is 0 Å². The Labute approximate surface area is 296 Å². The summed E-state index contributed by atoms with van der Waals surface area (Å²) in [4.78, 5) is 27.7. The van der Waals surface area contributed by atoms with E-state index in [1.807, 2.05) is 42.7 Å². The van der Waals surface area contributed by atoms with Gasteiger partial charge in [0.25, 0.3) is 0 Å². The summed E-state index contributed by atoms with van der Waals surface area (Å²) in [5.74, 6) is 0.369. The van der Waals surface area contributed by atoms with E-state index >= 15 is 0 Å². The zero-order chi connectivity index (χ0) is 34.9. The SMILES string of the molecule is CCCCCCCCCCCCN(CCCCCCCCCCCC)c1cc2oc(=O)cc(COC(=O)C[n+]3ccccc3)c2cc1OC. The molecular formula is C42H65N2O5+. The number of hydrogen-bond donors (Lipinski definition) is 0. The average molecular weight is 678 g/mol. The van der Waals surface area contributed by atoms with Crippen molar-refractivity contribution in [3.8, 4) is 5.75 Å². The number of carbonyl (C=O) groups excluding carboxylic acids is 1. The summed E-state index contributed by atoms with van der Waals surface area (Å²) >= 11 is 0. The van der Waals surface area contributed by atoms with Crippen molar-refractivity contribution >= 4 is 22.6 Å². The number of ether oxygens (including phenoxy) is 2. The van der Waals surface area contributed by atoms with Gasteiger partial charge in [0.15, 0.2) is 12.4 Å². The number of methoxy groups -OCH3 is 1. The minimum atomic E-state index is -0.456. The first kappa shape index (κ1) is 40.1. The van der Waals surface area contributed by atoms with Crippen LogP contribution in [0.15, 0.2) is 58.0 Å². The van der Waals surface area contributed by atoms with Gasteiger partial charge in [-0.3, -0.25) is 0 Å². The highest BCUT2D eigenvalue weighted by atomic mass is 16.5. The van der Waals surface area contributed by atoms with Gasteiger partial charge in [0.2, 0.25) is 6.54 Å². The molecule has 0 radical (unpaired) electrons. The highest BCUT2D eigenvalue weighted by Gasteiger charge is 2.18. The van der Waals surface area contributed by atoms with Gasteiger partial charge < -0.3 is 18.8 Å². The molecule has 0 bridgehead atoms. The van der Waals surface area contributed by atoms with Gasteiger partial charge in [0.05, 0.1) is 12.8 Å². The molecule has 0 atom stereocenters. The van der Waals surface area contributed by atoms with Crippen LogP contribution in [0.2, 0.25) is 0 Å². The molecule has 0 spiro atoms. The number of pyridine rings is 1. The molecule has 2 heterocycles. The first-order valence-corrected chi connectivity index (χ1v) is 19.5. The fraction of sp³-hybridized carbons (Fsp3) is 0.643. The molecule has 0 unspecified atom stereocenters.